The van der Waals surface area contributed by atoms with Gasteiger partial charge in [0, 0.05) is 18.1 Å². The van der Waals surface area contributed by atoms with Gasteiger partial charge in [0.1, 0.15) is 11.3 Å². The second-order valence-corrected chi connectivity index (χ2v) is 5.55. The number of carbonyl (C=O) groups is 1. The highest BCUT2D eigenvalue weighted by Gasteiger charge is 2.08. The average molecular weight is 321 g/mol. The standard InChI is InChI=1S/C17H21ClN2O2/c1-2-3-4-5-10-19-16(21)12-22-15-9-8-14(18)13-7-6-11-20-17(13)15/h6-9,11H,2-5,10,12H2,1H3,(H,19,21). The molecule has 0 aliphatic rings. The zero-order valence-corrected chi connectivity index (χ0v) is 13.5. The normalized spacial score (nSPS) is 10.6. The number of ether oxygens (including phenoxy) is 1. The lowest BCUT2D eigenvalue weighted by Gasteiger charge is -2.10. The molecule has 0 aliphatic heterocycles. The Morgan fingerprint density at radius 3 is 2.95 bits per heavy atom. The molecule has 1 heterocycles. The van der Waals surface area contributed by atoms with Crippen molar-refractivity contribution < 1.29 is 9.53 Å². The molecule has 0 saturated carbocycles. The summed E-state index contributed by atoms with van der Waals surface area (Å²) in [5.41, 5.74) is 0.672. The Morgan fingerprint density at radius 1 is 1.27 bits per heavy atom. The molecule has 0 bridgehead atoms. The van der Waals surface area contributed by atoms with Gasteiger partial charge in [0.2, 0.25) is 0 Å². The van der Waals surface area contributed by atoms with Gasteiger partial charge in [0.15, 0.2) is 6.61 Å². The van der Waals surface area contributed by atoms with Crippen molar-refractivity contribution in [3.8, 4) is 5.75 Å². The van der Waals surface area contributed by atoms with E-state index in [1.54, 1.807) is 18.3 Å². The number of unbranched alkanes of at least 4 members (excludes halogenated alkanes) is 3. The van der Waals surface area contributed by atoms with Crippen LogP contribution in [0.2, 0.25) is 5.02 Å². The molecular weight excluding hydrogens is 300 g/mol. The third-order valence-corrected chi connectivity index (χ3v) is 3.72. The molecule has 4 nitrogen and oxygen atoms in total. The van der Waals surface area contributed by atoms with Crippen LogP contribution in [0, 0.1) is 0 Å². The molecule has 0 radical (unpaired) electrons. The molecule has 1 N–H and O–H groups in total. The summed E-state index contributed by atoms with van der Waals surface area (Å²) < 4.78 is 5.58. The van der Waals surface area contributed by atoms with Gasteiger partial charge < -0.3 is 10.1 Å². The summed E-state index contributed by atoms with van der Waals surface area (Å²) in [5, 5.41) is 4.30. The van der Waals surface area contributed by atoms with Gasteiger partial charge in [-0.05, 0) is 30.7 Å². The van der Waals surface area contributed by atoms with E-state index in [1.165, 1.54) is 12.8 Å². The topological polar surface area (TPSA) is 51.2 Å². The molecule has 1 amide bonds. The van der Waals surface area contributed by atoms with Crippen LogP contribution in [0.4, 0.5) is 0 Å². The van der Waals surface area contributed by atoms with Crippen LogP contribution in [-0.4, -0.2) is 24.0 Å². The van der Waals surface area contributed by atoms with E-state index in [9.17, 15) is 4.79 Å². The predicted molar refractivity (Wildman–Crippen MR) is 89.4 cm³/mol. The molecule has 0 saturated heterocycles. The number of amides is 1. The van der Waals surface area contributed by atoms with Crippen molar-refractivity contribution in [3.05, 3.63) is 35.5 Å². The number of rotatable bonds is 8. The van der Waals surface area contributed by atoms with Crippen LogP contribution >= 0.6 is 11.6 Å². The number of hydrogen-bond donors (Lipinski definition) is 1. The van der Waals surface area contributed by atoms with E-state index in [4.69, 9.17) is 16.3 Å². The SMILES string of the molecule is CCCCCCNC(=O)COc1ccc(Cl)c2cccnc12. The summed E-state index contributed by atoms with van der Waals surface area (Å²) in [4.78, 5) is 16.0. The quantitative estimate of drug-likeness (QED) is 0.749. The molecule has 2 rings (SSSR count). The number of aromatic nitrogens is 1. The Morgan fingerprint density at radius 2 is 2.14 bits per heavy atom. The molecule has 1 aromatic carbocycles. The summed E-state index contributed by atoms with van der Waals surface area (Å²) in [6.07, 6.45) is 6.22. The van der Waals surface area contributed by atoms with Gasteiger partial charge in [-0.1, -0.05) is 37.8 Å². The van der Waals surface area contributed by atoms with Gasteiger partial charge in [-0.25, -0.2) is 0 Å². The zero-order chi connectivity index (χ0) is 15.8. The fraction of sp³-hybridized carbons (Fsp3) is 0.412. The first-order valence-corrected chi connectivity index (χ1v) is 8.03. The summed E-state index contributed by atoms with van der Waals surface area (Å²) in [7, 11) is 0. The van der Waals surface area contributed by atoms with Crippen LogP contribution in [0.15, 0.2) is 30.5 Å². The first-order valence-electron chi connectivity index (χ1n) is 7.65. The number of benzene rings is 1. The van der Waals surface area contributed by atoms with Gasteiger partial charge in [-0.15, -0.1) is 0 Å². The number of pyridine rings is 1. The highest BCUT2D eigenvalue weighted by molar-refractivity contribution is 6.35. The molecule has 2 aromatic rings. The lowest BCUT2D eigenvalue weighted by molar-refractivity contribution is -0.123. The fourth-order valence-electron chi connectivity index (χ4n) is 2.20. The second kappa shape index (κ2) is 8.59. The Labute approximate surface area is 135 Å². The minimum absolute atomic E-state index is 0.0128. The molecule has 22 heavy (non-hydrogen) atoms. The molecule has 5 heteroatoms. The van der Waals surface area contributed by atoms with E-state index >= 15 is 0 Å². The number of halogens is 1. The molecule has 0 aliphatic carbocycles. The maximum absolute atomic E-state index is 11.8. The molecule has 1 aromatic heterocycles. The first kappa shape index (κ1) is 16.6. The van der Waals surface area contributed by atoms with Crippen molar-refractivity contribution in [1.82, 2.24) is 10.3 Å². The van der Waals surface area contributed by atoms with Crippen molar-refractivity contribution in [2.75, 3.05) is 13.2 Å². The third kappa shape index (κ3) is 4.60. The Hall–Kier alpha value is -1.81. The Balaban J connectivity index is 1.87. The minimum atomic E-state index is -0.115. The highest BCUT2D eigenvalue weighted by Crippen LogP contribution is 2.29. The minimum Gasteiger partial charge on any atom is -0.481 e. The van der Waals surface area contributed by atoms with E-state index in [0.717, 1.165) is 18.2 Å². The monoisotopic (exact) mass is 320 g/mol. The van der Waals surface area contributed by atoms with Crippen LogP contribution in [0.3, 0.4) is 0 Å². The van der Waals surface area contributed by atoms with Crippen LogP contribution in [0.5, 0.6) is 5.75 Å². The van der Waals surface area contributed by atoms with Crippen molar-refractivity contribution in [3.63, 3.8) is 0 Å². The summed E-state index contributed by atoms with van der Waals surface area (Å²) >= 11 is 6.13. The number of fused-ring (bicyclic) bond motifs is 1. The lowest BCUT2D eigenvalue weighted by Crippen LogP contribution is -2.29. The van der Waals surface area contributed by atoms with Crippen molar-refractivity contribution in [2.45, 2.75) is 32.6 Å². The van der Waals surface area contributed by atoms with Gasteiger partial charge in [0.05, 0.1) is 5.02 Å². The zero-order valence-electron chi connectivity index (χ0n) is 12.8. The fourth-order valence-corrected chi connectivity index (χ4v) is 2.42. The highest BCUT2D eigenvalue weighted by atomic mass is 35.5. The smallest absolute Gasteiger partial charge is 0.257 e. The van der Waals surface area contributed by atoms with Crippen molar-refractivity contribution in [2.24, 2.45) is 0 Å². The maximum Gasteiger partial charge on any atom is 0.257 e. The van der Waals surface area contributed by atoms with Gasteiger partial charge in [-0.3, -0.25) is 9.78 Å². The number of hydrogen-bond acceptors (Lipinski definition) is 3. The second-order valence-electron chi connectivity index (χ2n) is 5.14. The van der Waals surface area contributed by atoms with E-state index in [0.29, 0.717) is 22.8 Å². The van der Waals surface area contributed by atoms with Crippen molar-refractivity contribution >= 4 is 28.4 Å². The Kier molecular flexibility index (Phi) is 6.46. The number of nitrogens with zero attached hydrogens (tertiary/aromatic N) is 1. The van der Waals surface area contributed by atoms with Crippen LogP contribution in [0.25, 0.3) is 10.9 Å². The Bertz CT molecular complexity index is 631. The van der Waals surface area contributed by atoms with Gasteiger partial charge >= 0.3 is 0 Å². The molecule has 0 fully saturated rings. The lowest BCUT2D eigenvalue weighted by atomic mass is 10.2. The van der Waals surface area contributed by atoms with Crippen molar-refractivity contribution in [1.29, 1.82) is 0 Å². The van der Waals surface area contributed by atoms with Crippen LogP contribution in [0.1, 0.15) is 32.6 Å². The van der Waals surface area contributed by atoms with E-state index < -0.39 is 0 Å². The molecule has 0 atom stereocenters. The van der Waals surface area contributed by atoms with Crippen LogP contribution < -0.4 is 10.1 Å². The molecule has 0 unspecified atom stereocenters. The summed E-state index contributed by atoms with van der Waals surface area (Å²) in [5.74, 6) is 0.455. The number of carbonyl (C=O) groups excluding carboxylic acids is 1. The predicted octanol–water partition coefficient (Wildman–Crippen LogP) is 3.96. The van der Waals surface area contributed by atoms with E-state index in [2.05, 4.69) is 17.2 Å². The molecule has 118 valence electrons. The average Bonchev–Trinajstić information content (AvgIpc) is 2.54. The van der Waals surface area contributed by atoms with Gasteiger partial charge in [0.25, 0.3) is 5.91 Å². The summed E-state index contributed by atoms with van der Waals surface area (Å²) in [6, 6.07) is 7.20. The maximum atomic E-state index is 11.8. The van der Waals surface area contributed by atoms with E-state index in [-0.39, 0.29) is 12.5 Å². The van der Waals surface area contributed by atoms with E-state index in [1.807, 2.05) is 12.1 Å². The number of nitrogens with one attached hydrogen (secondary N) is 1. The largest absolute Gasteiger partial charge is 0.481 e. The first-order chi connectivity index (χ1) is 10.7. The molecule has 0 spiro atoms. The van der Waals surface area contributed by atoms with Gasteiger partial charge in [-0.2, -0.15) is 0 Å². The summed E-state index contributed by atoms with van der Waals surface area (Å²) in [6.45, 7) is 2.85. The molecular formula is C17H21ClN2O2. The van der Waals surface area contributed by atoms with Crippen LogP contribution in [-0.2, 0) is 4.79 Å². The third-order valence-electron chi connectivity index (χ3n) is 3.39.